The third kappa shape index (κ3) is 3.59. The molecule has 0 spiro atoms. The molecule has 0 unspecified atom stereocenters. The Kier molecular flexibility index (Phi) is 4.14. The van der Waals surface area contributed by atoms with Gasteiger partial charge in [-0.25, -0.2) is 4.98 Å². The molecule has 2 heterocycles. The summed E-state index contributed by atoms with van der Waals surface area (Å²) in [6, 6.07) is 8.06. The fourth-order valence-corrected chi connectivity index (χ4v) is 2.43. The van der Waals surface area contributed by atoms with Crippen molar-refractivity contribution in [2.24, 2.45) is 5.92 Å². The molecule has 110 valence electrons. The number of carbonyl (C=O) groups is 1. The predicted octanol–water partition coefficient (Wildman–Crippen LogP) is 1.04. The highest BCUT2D eigenvalue weighted by Crippen LogP contribution is 2.26. The van der Waals surface area contributed by atoms with E-state index in [9.17, 15) is 4.79 Å². The molecule has 1 atom stereocenters. The number of aryl methyl sites for hydroxylation is 1. The Morgan fingerprint density at radius 3 is 3.19 bits per heavy atom. The van der Waals surface area contributed by atoms with Crippen LogP contribution in [0.3, 0.4) is 0 Å². The minimum Gasteiger partial charge on any atom is -0.493 e. The Hall–Kier alpha value is -2.37. The molecule has 1 aromatic heterocycles. The van der Waals surface area contributed by atoms with Crippen molar-refractivity contribution in [2.75, 3.05) is 13.2 Å². The highest BCUT2D eigenvalue weighted by Gasteiger charge is 2.19. The number of amides is 1. The lowest BCUT2D eigenvalue weighted by Crippen LogP contribution is -2.35. The van der Waals surface area contributed by atoms with Crippen LogP contribution in [0, 0.1) is 5.92 Å². The van der Waals surface area contributed by atoms with Crippen molar-refractivity contribution in [2.45, 2.75) is 19.4 Å². The molecule has 1 aromatic carbocycles. The van der Waals surface area contributed by atoms with Gasteiger partial charge in [0.15, 0.2) is 0 Å². The number of nitrogens with zero attached hydrogens (tertiary/aromatic N) is 3. The van der Waals surface area contributed by atoms with Crippen molar-refractivity contribution >= 4 is 5.91 Å². The SMILES string of the molecule is O=C(CCn1cncn1)NC[C@@H]1COc2ccccc2C1. The summed E-state index contributed by atoms with van der Waals surface area (Å²) in [5.41, 5.74) is 1.21. The topological polar surface area (TPSA) is 69.0 Å². The van der Waals surface area contributed by atoms with E-state index in [0.29, 0.717) is 32.0 Å². The monoisotopic (exact) mass is 286 g/mol. The molecule has 6 heteroatoms. The quantitative estimate of drug-likeness (QED) is 0.891. The fourth-order valence-electron chi connectivity index (χ4n) is 2.43. The molecule has 1 aliphatic heterocycles. The second-order valence-electron chi connectivity index (χ2n) is 5.20. The van der Waals surface area contributed by atoms with Crippen LogP contribution < -0.4 is 10.1 Å². The molecular weight excluding hydrogens is 268 g/mol. The summed E-state index contributed by atoms with van der Waals surface area (Å²) in [6.45, 7) is 1.85. The molecule has 0 aliphatic carbocycles. The summed E-state index contributed by atoms with van der Waals surface area (Å²) in [7, 11) is 0. The van der Waals surface area contributed by atoms with Gasteiger partial charge in [-0.3, -0.25) is 9.48 Å². The Balaban J connectivity index is 1.42. The van der Waals surface area contributed by atoms with Crippen LogP contribution in [0.2, 0.25) is 0 Å². The highest BCUT2D eigenvalue weighted by molar-refractivity contribution is 5.75. The Morgan fingerprint density at radius 1 is 1.43 bits per heavy atom. The number of fused-ring (bicyclic) bond motifs is 1. The van der Waals surface area contributed by atoms with E-state index in [4.69, 9.17) is 4.74 Å². The van der Waals surface area contributed by atoms with Gasteiger partial charge in [-0.1, -0.05) is 18.2 Å². The fraction of sp³-hybridized carbons (Fsp3) is 0.400. The van der Waals surface area contributed by atoms with Crippen LogP contribution in [0.4, 0.5) is 0 Å². The second kappa shape index (κ2) is 6.39. The summed E-state index contributed by atoms with van der Waals surface area (Å²) in [5, 5.41) is 6.93. The minimum atomic E-state index is 0.0318. The number of aromatic nitrogens is 3. The van der Waals surface area contributed by atoms with Gasteiger partial charge < -0.3 is 10.1 Å². The van der Waals surface area contributed by atoms with Gasteiger partial charge in [-0.05, 0) is 18.1 Å². The Labute approximate surface area is 123 Å². The number of hydrogen-bond acceptors (Lipinski definition) is 4. The normalized spacial score (nSPS) is 16.9. The van der Waals surface area contributed by atoms with E-state index in [-0.39, 0.29) is 5.91 Å². The maximum atomic E-state index is 11.8. The first-order valence-electron chi connectivity index (χ1n) is 7.11. The summed E-state index contributed by atoms with van der Waals surface area (Å²) in [6.07, 6.45) is 4.43. The molecule has 0 saturated carbocycles. The number of ether oxygens (including phenoxy) is 1. The third-order valence-corrected chi connectivity index (χ3v) is 3.58. The summed E-state index contributed by atoms with van der Waals surface area (Å²) in [4.78, 5) is 15.7. The van der Waals surface area contributed by atoms with E-state index in [1.165, 1.54) is 11.9 Å². The maximum absolute atomic E-state index is 11.8. The van der Waals surface area contributed by atoms with Crippen molar-refractivity contribution in [3.63, 3.8) is 0 Å². The van der Waals surface area contributed by atoms with Crippen LogP contribution in [0.15, 0.2) is 36.9 Å². The van der Waals surface area contributed by atoms with Gasteiger partial charge >= 0.3 is 0 Å². The summed E-state index contributed by atoms with van der Waals surface area (Å²) < 4.78 is 7.37. The van der Waals surface area contributed by atoms with E-state index >= 15 is 0 Å². The van der Waals surface area contributed by atoms with Crippen LogP contribution >= 0.6 is 0 Å². The predicted molar refractivity (Wildman–Crippen MR) is 76.8 cm³/mol. The van der Waals surface area contributed by atoms with Gasteiger partial charge in [0, 0.05) is 18.9 Å². The first-order chi connectivity index (χ1) is 10.3. The first kappa shape index (κ1) is 13.6. The number of benzene rings is 1. The third-order valence-electron chi connectivity index (χ3n) is 3.58. The number of nitrogens with one attached hydrogen (secondary N) is 1. The van der Waals surface area contributed by atoms with Crippen molar-refractivity contribution in [3.8, 4) is 5.75 Å². The van der Waals surface area contributed by atoms with E-state index in [0.717, 1.165) is 12.2 Å². The standard InChI is InChI=1S/C15H18N4O2/c20-15(5-6-19-11-16-10-18-19)17-8-12-7-13-3-1-2-4-14(13)21-9-12/h1-4,10-12H,5-9H2,(H,17,20)/t12-/m1/s1. The van der Waals surface area contributed by atoms with E-state index in [1.807, 2.05) is 18.2 Å². The van der Waals surface area contributed by atoms with Crippen molar-refractivity contribution in [1.29, 1.82) is 0 Å². The van der Waals surface area contributed by atoms with Gasteiger partial charge in [0.1, 0.15) is 18.4 Å². The Morgan fingerprint density at radius 2 is 2.33 bits per heavy atom. The molecule has 3 rings (SSSR count). The van der Waals surface area contributed by atoms with Crippen molar-refractivity contribution in [3.05, 3.63) is 42.5 Å². The van der Waals surface area contributed by atoms with Crippen LogP contribution in [0.1, 0.15) is 12.0 Å². The molecule has 2 aromatic rings. The Bertz CT molecular complexity index is 597. The van der Waals surface area contributed by atoms with Crippen LogP contribution in [-0.2, 0) is 17.8 Å². The summed E-state index contributed by atoms with van der Waals surface area (Å²) >= 11 is 0. The highest BCUT2D eigenvalue weighted by atomic mass is 16.5. The van der Waals surface area contributed by atoms with Gasteiger partial charge in [0.25, 0.3) is 0 Å². The van der Waals surface area contributed by atoms with Crippen LogP contribution in [0.5, 0.6) is 5.75 Å². The molecule has 21 heavy (non-hydrogen) atoms. The molecule has 1 amide bonds. The smallest absolute Gasteiger partial charge is 0.221 e. The number of carbonyl (C=O) groups excluding carboxylic acids is 1. The van der Waals surface area contributed by atoms with Gasteiger partial charge in [-0.15, -0.1) is 0 Å². The second-order valence-corrected chi connectivity index (χ2v) is 5.20. The maximum Gasteiger partial charge on any atom is 0.221 e. The van der Waals surface area contributed by atoms with Crippen LogP contribution in [0.25, 0.3) is 0 Å². The van der Waals surface area contributed by atoms with Gasteiger partial charge in [-0.2, -0.15) is 5.10 Å². The van der Waals surface area contributed by atoms with Gasteiger partial charge in [0.05, 0.1) is 13.2 Å². The average Bonchev–Trinajstić information content (AvgIpc) is 3.04. The molecular formula is C15H18N4O2. The molecule has 1 aliphatic rings. The van der Waals surface area contributed by atoms with Gasteiger partial charge in [0.2, 0.25) is 5.91 Å². The lowest BCUT2D eigenvalue weighted by Gasteiger charge is -2.25. The van der Waals surface area contributed by atoms with E-state index < -0.39 is 0 Å². The minimum absolute atomic E-state index is 0.0318. The lowest BCUT2D eigenvalue weighted by molar-refractivity contribution is -0.121. The lowest BCUT2D eigenvalue weighted by atomic mass is 9.97. The average molecular weight is 286 g/mol. The summed E-state index contributed by atoms with van der Waals surface area (Å²) in [5.74, 6) is 1.32. The molecule has 0 fully saturated rings. The molecule has 6 nitrogen and oxygen atoms in total. The van der Waals surface area contributed by atoms with E-state index in [2.05, 4.69) is 21.5 Å². The molecule has 0 radical (unpaired) electrons. The molecule has 1 N–H and O–H groups in total. The zero-order valence-corrected chi connectivity index (χ0v) is 11.7. The van der Waals surface area contributed by atoms with Crippen molar-refractivity contribution in [1.82, 2.24) is 20.1 Å². The van der Waals surface area contributed by atoms with E-state index in [1.54, 1.807) is 11.0 Å². The molecule has 0 bridgehead atoms. The largest absolute Gasteiger partial charge is 0.493 e. The van der Waals surface area contributed by atoms with Crippen molar-refractivity contribution < 1.29 is 9.53 Å². The first-order valence-corrected chi connectivity index (χ1v) is 7.11. The molecule has 0 saturated heterocycles. The zero-order chi connectivity index (χ0) is 14.5. The number of rotatable bonds is 5. The van der Waals surface area contributed by atoms with Crippen LogP contribution in [-0.4, -0.2) is 33.8 Å². The zero-order valence-electron chi connectivity index (χ0n) is 11.7. The number of hydrogen-bond donors (Lipinski definition) is 1. The number of para-hydroxylation sites is 1.